The Labute approximate surface area is 217 Å². The SMILES string of the molecule is Cc1cc(/C=C(\C#N)C(=O)Nc2ccc(N3CCOCC3)cc2)c(C)n1-c1cc(C(F)(F)F)ccc1Cl. The van der Waals surface area contributed by atoms with Crippen LogP contribution >= 0.6 is 11.6 Å². The van der Waals surface area contributed by atoms with Crippen molar-refractivity contribution in [3.05, 3.63) is 81.6 Å². The fraction of sp³-hybridized carbons (Fsp3) is 0.259. The van der Waals surface area contributed by atoms with E-state index in [4.69, 9.17) is 16.3 Å². The Morgan fingerprint density at radius 1 is 1.11 bits per heavy atom. The zero-order valence-electron chi connectivity index (χ0n) is 20.2. The lowest BCUT2D eigenvalue weighted by Crippen LogP contribution is -2.36. The zero-order valence-corrected chi connectivity index (χ0v) is 21.0. The smallest absolute Gasteiger partial charge is 0.378 e. The van der Waals surface area contributed by atoms with Gasteiger partial charge in [-0.2, -0.15) is 18.4 Å². The van der Waals surface area contributed by atoms with E-state index >= 15 is 0 Å². The van der Waals surface area contributed by atoms with Crippen molar-refractivity contribution in [1.29, 1.82) is 5.26 Å². The maximum atomic E-state index is 13.3. The van der Waals surface area contributed by atoms with Gasteiger partial charge in [0.15, 0.2) is 0 Å². The van der Waals surface area contributed by atoms with Crippen LogP contribution in [0.15, 0.2) is 54.1 Å². The summed E-state index contributed by atoms with van der Waals surface area (Å²) in [6.45, 7) is 6.30. The summed E-state index contributed by atoms with van der Waals surface area (Å²) in [5, 5.41) is 12.5. The third-order valence-corrected chi connectivity index (χ3v) is 6.47. The first kappa shape index (κ1) is 26.3. The van der Waals surface area contributed by atoms with Gasteiger partial charge < -0.3 is 19.5 Å². The first-order valence-electron chi connectivity index (χ1n) is 11.5. The molecule has 0 saturated carbocycles. The summed E-state index contributed by atoms with van der Waals surface area (Å²) in [6.07, 6.45) is -3.11. The monoisotopic (exact) mass is 528 g/mol. The van der Waals surface area contributed by atoms with Crippen LogP contribution in [0.5, 0.6) is 0 Å². The minimum Gasteiger partial charge on any atom is -0.378 e. The Morgan fingerprint density at radius 3 is 2.41 bits per heavy atom. The van der Waals surface area contributed by atoms with Crippen molar-refractivity contribution in [2.45, 2.75) is 20.0 Å². The summed E-state index contributed by atoms with van der Waals surface area (Å²) in [5.74, 6) is -0.594. The van der Waals surface area contributed by atoms with Gasteiger partial charge in [-0.05, 0) is 74.0 Å². The standard InChI is InChI=1S/C27H24ClF3N4O2/c1-17-13-19(18(2)35(17)25-15-21(27(29,30)31)3-8-24(25)28)14-20(16-32)26(36)33-22-4-6-23(7-5-22)34-9-11-37-12-10-34/h3-8,13-15H,9-12H2,1-2H3,(H,33,36)/b20-14+. The molecule has 3 aromatic rings. The molecule has 0 spiro atoms. The number of nitrogens with one attached hydrogen (secondary N) is 1. The molecule has 1 aromatic heterocycles. The molecule has 1 aliphatic rings. The van der Waals surface area contributed by atoms with Crippen molar-refractivity contribution in [2.75, 3.05) is 36.5 Å². The molecule has 1 saturated heterocycles. The number of rotatable bonds is 5. The Bertz CT molecular complexity index is 1380. The molecular weight excluding hydrogens is 505 g/mol. The molecule has 2 aromatic carbocycles. The van der Waals surface area contributed by atoms with E-state index in [1.807, 2.05) is 18.2 Å². The highest BCUT2D eigenvalue weighted by molar-refractivity contribution is 6.32. The molecule has 0 bridgehead atoms. The van der Waals surface area contributed by atoms with Gasteiger partial charge in [0.05, 0.1) is 29.5 Å². The molecule has 0 radical (unpaired) electrons. The Morgan fingerprint density at radius 2 is 1.78 bits per heavy atom. The number of alkyl halides is 3. The third kappa shape index (κ3) is 5.82. The lowest BCUT2D eigenvalue weighted by molar-refractivity contribution is -0.137. The number of morpholine rings is 1. The van der Waals surface area contributed by atoms with Crippen molar-refractivity contribution in [3.8, 4) is 11.8 Å². The molecule has 4 rings (SSSR count). The van der Waals surface area contributed by atoms with Gasteiger partial charge in [0, 0.05) is 35.9 Å². The minimum atomic E-state index is -4.52. The fourth-order valence-corrected chi connectivity index (χ4v) is 4.45. The number of aryl methyl sites for hydroxylation is 1. The maximum absolute atomic E-state index is 13.3. The largest absolute Gasteiger partial charge is 0.416 e. The summed E-state index contributed by atoms with van der Waals surface area (Å²) in [4.78, 5) is 15.0. The summed E-state index contributed by atoms with van der Waals surface area (Å²) < 4.78 is 46.8. The lowest BCUT2D eigenvalue weighted by Gasteiger charge is -2.28. The predicted octanol–water partition coefficient (Wildman–Crippen LogP) is 6.15. The number of amides is 1. The Kier molecular flexibility index (Phi) is 7.62. The number of aromatic nitrogens is 1. The van der Waals surface area contributed by atoms with Crippen molar-refractivity contribution < 1.29 is 22.7 Å². The fourth-order valence-electron chi connectivity index (χ4n) is 4.24. The second-order valence-corrected chi connectivity index (χ2v) is 9.00. The molecule has 1 amide bonds. The molecule has 2 heterocycles. The van der Waals surface area contributed by atoms with Crippen molar-refractivity contribution in [3.63, 3.8) is 0 Å². The second kappa shape index (κ2) is 10.7. The molecule has 10 heteroatoms. The number of nitriles is 1. The van der Waals surface area contributed by atoms with Crippen LogP contribution in [0.2, 0.25) is 5.02 Å². The summed E-state index contributed by atoms with van der Waals surface area (Å²) in [7, 11) is 0. The number of hydrogen-bond acceptors (Lipinski definition) is 4. The average Bonchev–Trinajstić information content (AvgIpc) is 3.15. The average molecular weight is 529 g/mol. The molecule has 37 heavy (non-hydrogen) atoms. The van der Waals surface area contributed by atoms with Gasteiger partial charge in [0.25, 0.3) is 5.91 Å². The van der Waals surface area contributed by atoms with Crippen LogP contribution in [-0.4, -0.2) is 36.8 Å². The number of anilines is 2. The highest BCUT2D eigenvalue weighted by Gasteiger charge is 2.31. The van der Waals surface area contributed by atoms with E-state index in [1.165, 1.54) is 12.1 Å². The van der Waals surface area contributed by atoms with E-state index in [9.17, 15) is 23.2 Å². The summed E-state index contributed by atoms with van der Waals surface area (Å²) in [6, 6.07) is 14.0. The highest BCUT2D eigenvalue weighted by Crippen LogP contribution is 2.35. The quantitative estimate of drug-likeness (QED) is 0.318. The Balaban J connectivity index is 1.58. The topological polar surface area (TPSA) is 70.3 Å². The number of carbonyl (C=O) groups excluding carboxylic acids is 1. The minimum absolute atomic E-state index is 0.143. The first-order valence-corrected chi connectivity index (χ1v) is 11.9. The van der Waals surface area contributed by atoms with Crippen LogP contribution in [0.3, 0.4) is 0 Å². The Hall–Kier alpha value is -3.74. The molecule has 0 unspecified atom stereocenters. The number of hydrogen-bond donors (Lipinski definition) is 1. The van der Waals surface area contributed by atoms with Gasteiger partial charge in [-0.15, -0.1) is 0 Å². The number of ether oxygens (including phenoxy) is 1. The maximum Gasteiger partial charge on any atom is 0.416 e. The molecule has 1 N–H and O–H groups in total. The van der Waals surface area contributed by atoms with Gasteiger partial charge in [-0.1, -0.05) is 11.6 Å². The molecule has 0 atom stereocenters. The van der Waals surface area contributed by atoms with Gasteiger partial charge >= 0.3 is 6.18 Å². The third-order valence-electron chi connectivity index (χ3n) is 6.15. The number of carbonyl (C=O) groups is 1. The van der Waals surface area contributed by atoms with E-state index in [2.05, 4.69) is 10.2 Å². The molecule has 192 valence electrons. The lowest BCUT2D eigenvalue weighted by atomic mass is 10.1. The van der Waals surface area contributed by atoms with E-state index in [-0.39, 0.29) is 16.3 Å². The molecule has 1 fully saturated rings. The van der Waals surface area contributed by atoms with Crippen molar-refractivity contribution in [1.82, 2.24) is 4.57 Å². The van der Waals surface area contributed by atoms with Gasteiger partial charge in [-0.25, -0.2) is 0 Å². The zero-order chi connectivity index (χ0) is 26.7. The van der Waals surface area contributed by atoms with Crippen molar-refractivity contribution in [2.24, 2.45) is 0 Å². The van der Waals surface area contributed by atoms with Crippen molar-refractivity contribution >= 4 is 35.0 Å². The van der Waals surface area contributed by atoms with Crippen LogP contribution < -0.4 is 10.2 Å². The van der Waals surface area contributed by atoms with Crippen LogP contribution in [0.1, 0.15) is 22.5 Å². The van der Waals surface area contributed by atoms with Gasteiger partial charge in [0.2, 0.25) is 0 Å². The second-order valence-electron chi connectivity index (χ2n) is 8.60. The van der Waals surface area contributed by atoms with Crippen LogP contribution in [0.25, 0.3) is 11.8 Å². The number of halogens is 4. The van der Waals surface area contributed by atoms with E-state index in [1.54, 1.807) is 36.6 Å². The van der Waals surface area contributed by atoms with E-state index in [0.29, 0.717) is 35.9 Å². The summed E-state index contributed by atoms with van der Waals surface area (Å²) in [5.41, 5.74) is 2.38. The normalized spacial score (nSPS) is 14.4. The van der Waals surface area contributed by atoms with Gasteiger partial charge in [-0.3, -0.25) is 4.79 Å². The number of nitrogens with zero attached hydrogens (tertiary/aromatic N) is 3. The van der Waals surface area contributed by atoms with E-state index in [0.717, 1.165) is 30.9 Å². The highest BCUT2D eigenvalue weighted by atomic mass is 35.5. The van der Waals surface area contributed by atoms with E-state index < -0.39 is 17.6 Å². The first-order chi connectivity index (χ1) is 17.6. The van der Waals surface area contributed by atoms with Crippen LogP contribution in [-0.2, 0) is 15.7 Å². The molecule has 6 nitrogen and oxygen atoms in total. The molecule has 0 aliphatic carbocycles. The predicted molar refractivity (Wildman–Crippen MR) is 137 cm³/mol. The van der Waals surface area contributed by atoms with Crippen LogP contribution in [0, 0.1) is 25.2 Å². The summed E-state index contributed by atoms with van der Waals surface area (Å²) >= 11 is 6.24. The molecule has 1 aliphatic heterocycles. The number of benzene rings is 2. The molecular formula is C27H24ClF3N4O2. The van der Waals surface area contributed by atoms with Crippen LogP contribution in [0.4, 0.5) is 24.5 Å². The van der Waals surface area contributed by atoms with Gasteiger partial charge in [0.1, 0.15) is 11.6 Å².